The molecule has 0 saturated heterocycles. The van der Waals surface area contributed by atoms with E-state index in [-0.39, 0.29) is 5.63 Å². The molecule has 0 spiro atoms. The fourth-order valence-electron chi connectivity index (χ4n) is 3.28. The second kappa shape index (κ2) is 5.60. The average molecular weight is 319 g/mol. The molecule has 0 N–H and O–H groups in total. The molecule has 0 fully saturated rings. The largest absolute Gasteiger partial charge is 0.369 e. The van der Waals surface area contributed by atoms with Crippen LogP contribution in [0.3, 0.4) is 0 Å². The predicted molar refractivity (Wildman–Crippen MR) is 93.2 cm³/mol. The first-order valence-electron chi connectivity index (χ1n) is 8.03. The summed E-state index contributed by atoms with van der Waals surface area (Å²) in [7, 11) is 0. The van der Waals surface area contributed by atoms with Gasteiger partial charge in [0.05, 0.1) is 5.52 Å². The Hall–Kier alpha value is -2.95. The van der Waals surface area contributed by atoms with Gasteiger partial charge >= 0.3 is 5.63 Å². The van der Waals surface area contributed by atoms with Gasteiger partial charge in [-0.15, -0.1) is 0 Å². The Morgan fingerprint density at radius 1 is 1.12 bits per heavy atom. The molecule has 0 aliphatic carbocycles. The SMILES string of the molecule is CCCn1c(C)c2c(=O)onc-2c2ccc(-c3ccncc3)cc21. The summed E-state index contributed by atoms with van der Waals surface area (Å²) in [5.74, 6) is 0. The van der Waals surface area contributed by atoms with Gasteiger partial charge in [0.1, 0.15) is 11.3 Å². The minimum Gasteiger partial charge on any atom is -0.344 e. The van der Waals surface area contributed by atoms with E-state index in [9.17, 15) is 4.79 Å². The maximum Gasteiger partial charge on any atom is 0.369 e. The highest BCUT2D eigenvalue weighted by molar-refractivity contribution is 5.96. The van der Waals surface area contributed by atoms with Gasteiger partial charge in [0.15, 0.2) is 0 Å². The zero-order valence-electron chi connectivity index (χ0n) is 13.6. The number of fused-ring (bicyclic) bond motifs is 3. The van der Waals surface area contributed by atoms with Crippen LogP contribution in [-0.4, -0.2) is 14.7 Å². The number of hydrogen-bond donors (Lipinski definition) is 0. The lowest BCUT2D eigenvalue weighted by Gasteiger charge is -2.18. The van der Waals surface area contributed by atoms with Gasteiger partial charge in [-0.2, -0.15) is 0 Å². The van der Waals surface area contributed by atoms with E-state index < -0.39 is 0 Å². The highest BCUT2D eigenvalue weighted by Gasteiger charge is 2.22. The van der Waals surface area contributed by atoms with Gasteiger partial charge in [-0.1, -0.05) is 18.1 Å². The maximum absolute atomic E-state index is 12.0. The van der Waals surface area contributed by atoms with Gasteiger partial charge in [-0.05, 0) is 48.7 Å². The molecule has 0 radical (unpaired) electrons. The molecule has 0 amide bonds. The van der Waals surface area contributed by atoms with Crippen molar-refractivity contribution < 1.29 is 4.52 Å². The summed E-state index contributed by atoms with van der Waals surface area (Å²) in [4.78, 5) is 16.1. The van der Waals surface area contributed by atoms with E-state index in [2.05, 4.69) is 27.7 Å². The lowest BCUT2D eigenvalue weighted by atomic mass is 10.00. The Kier molecular flexibility index (Phi) is 3.41. The van der Waals surface area contributed by atoms with Crippen molar-refractivity contribution in [1.82, 2.24) is 14.7 Å². The molecule has 24 heavy (non-hydrogen) atoms. The van der Waals surface area contributed by atoms with Gasteiger partial charge in [-0.3, -0.25) is 4.98 Å². The van der Waals surface area contributed by atoms with Crippen molar-refractivity contribution in [3.05, 3.63) is 58.8 Å². The van der Waals surface area contributed by atoms with Crippen molar-refractivity contribution in [2.24, 2.45) is 0 Å². The molecule has 2 aromatic rings. The Morgan fingerprint density at radius 2 is 1.92 bits per heavy atom. The minimum atomic E-state index is -0.368. The summed E-state index contributed by atoms with van der Waals surface area (Å²) in [6.45, 7) is 4.92. The quantitative estimate of drug-likeness (QED) is 0.575. The number of pyridine rings is 2. The van der Waals surface area contributed by atoms with Crippen molar-refractivity contribution in [1.29, 1.82) is 0 Å². The molecule has 120 valence electrons. The number of aryl methyl sites for hydroxylation is 1. The number of nitrogens with zero attached hydrogens (tertiary/aromatic N) is 3. The van der Waals surface area contributed by atoms with Crippen LogP contribution in [-0.2, 0) is 6.54 Å². The van der Waals surface area contributed by atoms with Crippen LogP contribution < -0.4 is 5.63 Å². The number of rotatable bonds is 3. The van der Waals surface area contributed by atoms with Gasteiger partial charge in [-0.25, -0.2) is 4.79 Å². The van der Waals surface area contributed by atoms with Gasteiger partial charge in [0.25, 0.3) is 0 Å². The summed E-state index contributed by atoms with van der Waals surface area (Å²) in [5, 5.41) is 4.94. The molecule has 0 saturated carbocycles. The first-order valence-corrected chi connectivity index (χ1v) is 8.03. The van der Waals surface area contributed by atoms with Crippen molar-refractivity contribution in [3.8, 4) is 22.4 Å². The standard InChI is InChI=1S/C19H17N3O2/c1-3-10-22-12(2)17-18(21-24-19(17)23)15-5-4-14(11-16(15)22)13-6-8-20-9-7-13/h4-9,11H,3,10H2,1-2H3. The molecule has 1 aromatic heterocycles. The molecule has 0 unspecified atom stereocenters. The van der Waals surface area contributed by atoms with Crippen molar-refractivity contribution in [3.63, 3.8) is 0 Å². The molecule has 1 aromatic carbocycles. The van der Waals surface area contributed by atoms with Crippen molar-refractivity contribution >= 4 is 10.9 Å². The highest BCUT2D eigenvalue weighted by atomic mass is 16.5. The Morgan fingerprint density at radius 3 is 2.67 bits per heavy atom. The highest BCUT2D eigenvalue weighted by Crippen LogP contribution is 2.33. The van der Waals surface area contributed by atoms with Gasteiger partial charge in [0.2, 0.25) is 0 Å². The lowest BCUT2D eigenvalue weighted by Crippen LogP contribution is -2.11. The third-order valence-electron chi connectivity index (χ3n) is 4.43. The monoisotopic (exact) mass is 319 g/mol. The van der Waals surface area contributed by atoms with Crippen LogP contribution in [0.2, 0.25) is 0 Å². The summed E-state index contributed by atoms with van der Waals surface area (Å²) < 4.78 is 7.11. The number of aromatic nitrogens is 3. The van der Waals surface area contributed by atoms with E-state index in [0.29, 0.717) is 11.3 Å². The second-order valence-corrected chi connectivity index (χ2v) is 5.90. The molecule has 0 atom stereocenters. The first-order chi connectivity index (χ1) is 11.7. The van der Waals surface area contributed by atoms with E-state index in [0.717, 1.165) is 40.7 Å². The zero-order valence-corrected chi connectivity index (χ0v) is 13.6. The molecule has 5 heteroatoms. The smallest absolute Gasteiger partial charge is 0.344 e. The van der Waals surface area contributed by atoms with Crippen molar-refractivity contribution in [2.75, 3.05) is 0 Å². The van der Waals surface area contributed by atoms with E-state index in [1.54, 1.807) is 12.4 Å². The Bertz CT molecular complexity index is 1050. The fraction of sp³-hybridized carbons (Fsp3) is 0.211. The van der Waals surface area contributed by atoms with Crippen molar-refractivity contribution in [2.45, 2.75) is 26.8 Å². The number of hydrogen-bond acceptors (Lipinski definition) is 4. The predicted octanol–water partition coefficient (Wildman–Crippen LogP) is 3.87. The summed E-state index contributed by atoms with van der Waals surface area (Å²) in [6.07, 6.45) is 4.55. The molecule has 2 aliphatic heterocycles. The topological polar surface area (TPSA) is 60.9 Å². The van der Waals surface area contributed by atoms with Crippen LogP contribution in [0.25, 0.3) is 33.3 Å². The Balaban J connectivity index is 2.09. The summed E-state index contributed by atoms with van der Waals surface area (Å²) in [5.41, 5.74) is 5.03. The fourth-order valence-corrected chi connectivity index (χ4v) is 3.28. The second-order valence-electron chi connectivity index (χ2n) is 5.90. The van der Waals surface area contributed by atoms with E-state index in [1.165, 1.54) is 0 Å². The normalized spacial score (nSPS) is 11.4. The Labute approximate surface area is 138 Å². The van der Waals surface area contributed by atoms with Crippen LogP contribution >= 0.6 is 0 Å². The molecular formula is C19H17N3O2. The summed E-state index contributed by atoms with van der Waals surface area (Å²) >= 11 is 0. The van der Waals surface area contributed by atoms with Crippen LogP contribution in [0.15, 0.2) is 52.0 Å². The summed E-state index contributed by atoms with van der Waals surface area (Å²) in [6, 6.07) is 10.2. The average Bonchev–Trinajstić information content (AvgIpc) is 3.01. The maximum atomic E-state index is 12.0. The molecule has 2 aliphatic rings. The molecular weight excluding hydrogens is 302 g/mol. The molecule has 0 bridgehead atoms. The van der Waals surface area contributed by atoms with Gasteiger partial charge in [0, 0.05) is 30.0 Å². The first kappa shape index (κ1) is 14.6. The third-order valence-corrected chi connectivity index (χ3v) is 4.43. The molecule has 5 nitrogen and oxygen atoms in total. The van der Waals surface area contributed by atoms with E-state index in [4.69, 9.17) is 4.52 Å². The van der Waals surface area contributed by atoms with Crippen LogP contribution in [0, 0.1) is 6.92 Å². The molecule has 4 rings (SSSR count). The van der Waals surface area contributed by atoms with Crippen LogP contribution in [0.5, 0.6) is 0 Å². The van der Waals surface area contributed by atoms with Gasteiger partial charge < -0.3 is 9.09 Å². The lowest BCUT2D eigenvalue weighted by molar-refractivity contribution is 0.397. The number of benzene rings is 1. The van der Waals surface area contributed by atoms with Crippen LogP contribution in [0.4, 0.5) is 0 Å². The minimum absolute atomic E-state index is 0.368. The van der Waals surface area contributed by atoms with E-state index in [1.807, 2.05) is 31.2 Å². The van der Waals surface area contributed by atoms with Crippen LogP contribution in [0.1, 0.15) is 19.0 Å². The molecule has 3 heterocycles. The zero-order chi connectivity index (χ0) is 16.7. The third kappa shape index (κ3) is 2.12. The van der Waals surface area contributed by atoms with E-state index >= 15 is 0 Å².